The fraction of sp³-hybridized carbons (Fsp3) is 0.115. The van der Waals surface area contributed by atoms with E-state index in [4.69, 9.17) is 14.5 Å². The summed E-state index contributed by atoms with van der Waals surface area (Å²) < 4.78 is 12.1. The molecule has 4 aromatic rings. The van der Waals surface area contributed by atoms with Gasteiger partial charge in [0.05, 0.1) is 5.69 Å². The molecule has 144 valence electrons. The standard InChI is InChI=1S/C26H23NO2/c1-20-12-14-23(15-13-20)24-16-17-25(28-18-21-8-4-2-5-9-21)26(27-24)29-19-22-10-6-3-7-11-22/h2-17H,18-19H2,1H3. The maximum absolute atomic E-state index is 6.06. The van der Waals surface area contributed by atoms with Gasteiger partial charge in [-0.05, 0) is 30.2 Å². The Labute approximate surface area is 171 Å². The highest BCUT2D eigenvalue weighted by atomic mass is 16.5. The van der Waals surface area contributed by atoms with E-state index < -0.39 is 0 Å². The monoisotopic (exact) mass is 381 g/mol. The number of nitrogens with zero attached hydrogens (tertiary/aromatic N) is 1. The molecule has 0 radical (unpaired) electrons. The van der Waals surface area contributed by atoms with E-state index in [1.807, 2.05) is 72.8 Å². The minimum atomic E-state index is 0.437. The van der Waals surface area contributed by atoms with Crippen LogP contribution in [0.15, 0.2) is 97.1 Å². The molecule has 0 aliphatic heterocycles. The van der Waals surface area contributed by atoms with Crippen molar-refractivity contribution in [3.8, 4) is 22.9 Å². The van der Waals surface area contributed by atoms with Crippen LogP contribution < -0.4 is 9.47 Å². The maximum Gasteiger partial charge on any atom is 0.257 e. The molecule has 0 aliphatic carbocycles. The third-order valence-corrected chi connectivity index (χ3v) is 4.63. The average Bonchev–Trinajstić information content (AvgIpc) is 2.78. The first-order chi connectivity index (χ1) is 14.3. The van der Waals surface area contributed by atoms with E-state index in [0.29, 0.717) is 24.8 Å². The van der Waals surface area contributed by atoms with Gasteiger partial charge in [0, 0.05) is 5.56 Å². The van der Waals surface area contributed by atoms with Gasteiger partial charge in [-0.1, -0.05) is 90.5 Å². The van der Waals surface area contributed by atoms with Crippen molar-refractivity contribution < 1.29 is 9.47 Å². The van der Waals surface area contributed by atoms with Gasteiger partial charge in [-0.2, -0.15) is 0 Å². The first-order valence-electron chi connectivity index (χ1n) is 9.69. The molecule has 1 aromatic heterocycles. The van der Waals surface area contributed by atoms with Crippen LogP contribution in [0.2, 0.25) is 0 Å². The zero-order valence-electron chi connectivity index (χ0n) is 16.4. The summed E-state index contributed by atoms with van der Waals surface area (Å²) in [6.45, 7) is 2.98. The number of rotatable bonds is 7. The molecule has 0 unspecified atom stereocenters. The zero-order valence-corrected chi connectivity index (χ0v) is 16.4. The summed E-state index contributed by atoms with van der Waals surface area (Å²) in [4.78, 5) is 4.75. The van der Waals surface area contributed by atoms with Gasteiger partial charge in [-0.25, -0.2) is 4.98 Å². The molecule has 29 heavy (non-hydrogen) atoms. The lowest BCUT2D eigenvalue weighted by atomic mass is 10.1. The number of aromatic nitrogens is 1. The Morgan fingerprint density at radius 2 is 1.21 bits per heavy atom. The van der Waals surface area contributed by atoms with Crippen LogP contribution in [0.3, 0.4) is 0 Å². The summed E-state index contributed by atoms with van der Waals surface area (Å²) in [6, 6.07) is 32.4. The van der Waals surface area contributed by atoms with Crippen molar-refractivity contribution in [1.82, 2.24) is 4.98 Å². The van der Waals surface area contributed by atoms with Crippen molar-refractivity contribution in [3.05, 3.63) is 114 Å². The van der Waals surface area contributed by atoms with Crippen LogP contribution in [0.4, 0.5) is 0 Å². The van der Waals surface area contributed by atoms with Gasteiger partial charge >= 0.3 is 0 Å². The van der Waals surface area contributed by atoms with Gasteiger partial charge in [0.25, 0.3) is 5.88 Å². The van der Waals surface area contributed by atoms with E-state index in [1.54, 1.807) is 0 Å². The second kappa shape index (κ2) is 9.07. The molecule has 0 N–H and O–H groups in total. The first-order valence-corrected chi connectivity index (χ1v) is 9.69. The van der Waals surface area contributed by atoms with Gasteiger partial charge in [-0.15, -0.1) is 0 Å². The van der Waals surface area contributed by atoms with E-state index in [-0.39, 0.29) is 0 Å². The maximum atomic E-state index is 6.06. The van der Waals surface area contributed by atoms with Crippen molar-refractivity contribution in [1.29, 1.82) is 0 Å². The second-order valence-corrected chi connectivity index (χ2v) is 6.91. The van der Waals surface area contributed by atoms with E-state index in [9.17, 15) is 0 Å². The summed E-state index contributed by atoms with van der Waals surface area (Å²) >= 11 is 0. The summed E-state index contributed by atoms with van der Waals surface area (Å²) in [5, 5.41) is 0. The normalized spacial score (nSPS) is 10.5. The lowest BCUT2D eigenvalue weighted by Gasteiger charge is -2.14. The zero-order chi connectivity index (χ0) is 19.9. The van der Waals surface area contributed by atoms with Crippen molar-refractivity contribution >= 4 is 0 Å². The molecule has 0 aliphatic rings. The molecule has 3 aromatic carbocycles. The summed E-state index contributed by atoms with van der Waals surface area (Å²) in [5.74, 6) is 1.14. The molecule has 0 saturated heterocycles. The molecule has 0 fully saturated rings. The molecule has 0 atom stereocenters. The third kappa shape index (κ3) is 5.02. The van der Waals surface area contributed by atoms with Crippen LogP contribution in [-0.4, -0.2) is 4.98 Å². The molecular formula is C26H23NO2. The topological polar surface area (TPSA) is 31.4 Å². The fourth-order valence-electron chi connectivity index (χ4n) is 2.99. The molecule has 4 rings (SSSR count). The Kier molecular flexibility index (Phi) is 5.87. The summed E-state index contributed by atoms with van der Waals surface area (Å²) in [6.07, 6.45) is 0. The van der Waals surface area contributed by atoms with Crippen LogP contribution in [0.25, 0.3) is 11.3 Å². The van der Waals surface area contributed by atoms with Crippen molar-refractivity contribution in [2.75, 3.05) is 0 Å². The molecule has 3 nitrogen and oxygen atoms in total. The Balaban J connectivity index is 1.59. The van der Waals surface area contributed by atoms with E-state index in [0.717, 1.165) is 22.4 Å². The first kappa shape index (κ1) is 18.8. The summed E-state index contributed by atoms with van der Waals surface area (Å²) in [7, 11) is 0. The van der Waals surface area contributed by atoms with Gasteiger partial charge < -0.3 is 9.47 Å². The number of pyridine rings is 1. The summed E-state index contributed by atoms with van der Waals surface area (Å²) in [5.41, 5.74) is 5.32. The molecule has 0 bridgehead atoms. The highest BCUT2D eigenvalue weighted by Crippen LogP contribution is 2.30. The highest BCUT2D eigenvalue weighted by molar-refractivity contribution is 5.61. The van der Waals surface area contributed by atoms with Crippen LogP contribution >= 0.6 is 0 Å². The lowest BCUT2D eigenvalue weighted by Crippen LogP contribution is -2.03. The lowest BCUT2D eigenvalue weighted by molar-refractivity contribution is 0.247. The van der Waals surface area contributed by atoms with Gasteiger partial charge in [-0.3, -0.25) is 0 Å². The smallest absolute Gasteiger partial charge is 0.257 e. The second-order valence-electron chi connectivity index (χ2n) is 6.91. The molecule has 0 spiro atoms. The minimum Gasteiger partial charge on any atom is -0.483 e. The average molecular weight is 381 g/mol. The van der Waals surface area contributed by atoms with Crippen LogP contribution in [0, 0.1) is 6.92 Å². The minimum absolute atomic E-state index is 0.437. The van der Waals surface area contributed by atoms with Gasteiger partial charge in [0.15, 0.2) is 5.75 Å². The number of ether oxygens (including phenoxy) is 2. The number of benzene rings is 3. The number of hydrogen-bond acceptors (Lipinski definition) is 3. The predicted molar refractivity (Wildman–Crippen MR) is 116 cm³/mol. The van der Waals surface area contributed by atoms with Crippen molar-refractivity contribution in [2.24, 2.45) is 0 Å². The number of hydrogen-bond donors (Lipinski definition) is 0. The number of aryl methyl sites for hydroxylation is 1. The molecular weight excluding hydrogens is 358 g/mol. The predicted octanol–water partition coefficient (Wildman–Crippen LogP) is 6.22. The van der Waals surface area contributed by atoms with E-state index >= 15 is 0 Å². The Morgan fingerprint density at radius 1 is 0.621 bits per heavy atom. The largest absolute Gasteiger partial charge is 0.483 e. The van der Waals surface area contributed by atoms with E-state index in [1.165, 1.54) is 5.56 Å². The molecule has 0 saturated carbocycles. The highest BCUT2D eigenvalue weighted by Gasteiger charge is 2.11. The van der Waals surface area contributed by atoms with Crippen LogP contribution in [0.1, 0.15) is 16.7 Å². The SMILES string of the molecule is Cc1ccc(-c2ccc(OCc3ccccc3)c(OCc3ccccc3)n2)cc1. The van der Waals surface area contributed by atoms with Gasteiger partial charge in [0.2, 0.25) is 0 Å². The van der Waals surface area contributed by atoms with Crippen molar-refractivity contribution in [3.63, 3.8) is 0 Å². The van der Waals surface area contributed by atoms with E-state index in [2.05, 4.69) is 31.2 Å². The van der Waals surface area contributed by atoms with Crippen LogP contribution in [0.5, 0.6) is 11.6 Å². The van der Waals surface area contributed by atoms with Crippen molar-refractivity contribution in [2.45, 2.75) is 20.1 Å². The fourth-order valence-corrected chi connectivity index (χ4v) is 2.99. The Hall–Kier alpha value is -3.59. The molecule has 0 amide bonds. The van der Waals surface area contributed by atoms with Crippen LogP contribution in [-0.2, 0) is 13.2 Å². The third-order valence-electron chi connectivity index (χ3n) is 4.63. The molecule has 1 heterocycles. The quantitative estimate of drug-likeness (QED) is 0.381. The Morgan fingerprint density at radius 3 is 1.83 bits per heavy atom. The Bertz CT molecular complexity index is 1050. The molecule has 3 heteroatoms. The van der Waals surface area contributed by atoms with Gasteiger partial charge in [0.1, 0.15) is 13.2 Å².